The largest absolute Gasteiger partial charge is 0.466 e. The summed E-state index contributed by atoms with van der Waals surface area (Å²) in [5.74, 6) is 2.20. The molecule has 1 aliphatic rings. The first-order valence-electron chi connectivity index (χ1n) is 7.34. The molecule has 0 spiro atoms. The van der Waals surface area contributed by atoms with Crippen molar-refractivity contribution >= 4 is 5.91 Å². The Morgan fingerprint density at radius 2 is 2.00 bits per heavy atom. The highest BCUT2D eigenvalue weighted by Crippen LogP contribution is 2.35. The Hall–Kier alpha value is -2.47. The molecule has 2 aromatic rings. The number of nitrogens with one attached hydrogen (secondary N) is 1. The first-order valence-corrected chi connectivity index (χ1v) is 7.34. The van der Waals surface area contributed by atoms with E-state index in [4.69, 9.17) is 13.9 Å². The van der Waals surface area contributed by atoms with Crippen LogP contribution in [0.5, 0.6) is 11.5 Å². The number of aliphatic hydroxyl groups is 1. The van der Waals surface area contributed by atoms with Crippen LogP contribution in [0, 0.1) is 13.8 Å². The van der Waals surface area contributed by atoms with E-state index in [0.29, 0.717) is 34.1 Å². The van der Waals surface area contributed by atoms with Crippen LogP contribution in [0.25, 0.3) is 0 Å². The maximum absolute atomic E-state index is 12.2. The lowest BCUT2D eigenvalue weighted by Crippen LogP contribution is -2.38. The van der Waals surface area contributed by atoms with Gasteiger partial charge in [0.05, 0.1) is 12.1 Å². The van der Waals surface area contributed by atoms with Gasteiger partial charge in [0.15, 0.2) is 11.5 Å². The van der Waals surface area contributed by atoms with Gasteiger partial charge in [0.2, 0.25) is 6.79 Å². The molecule has 0 unspecified atom stereocenters. The van der Waals surface area contributed by atoms with Crippen molar-refractivity contribution in [2.24, 2.45) is 0 Å². The molecular weight excluding hydrogens is 298 g/mol. The van der Waals surface area contributed by atoms with Crippen molar-refractivity contribution in [3.63, 3.8) is 0 Å². The van der Waals surface area contributed by atoms with Gasteiger partial charge in [0.25, 0.3) is 5.91 Å². The lowest BCUT2D eigenvalue weighted by atomic mass is 9.95. The number of carbonyl (C=O) groups excluding carboxylic acids is 1. The number of furan rings is 1. The van der Waals surface area contributed by atoms with Crippen LogP contribution in [0.3, 0.4) is 0 Å². The third kappa shape index (κ3) is 3.03. The van der Waals surface area contributed by atoms with Crippen molar-refractivity contribution in [2.75, 3.05) is 13.3 Å². The van der Waals surface area contributed by atoms with E-state index in [1.54, 1.807) is 45.0 Å². The van der Waals surface area contributed by atoms with E-state index in [1.807, 2.05) is 0 Å². The summed E-state index contributed by atoms with van der Waals surface area (Å²) in [4.78, 5) is 12.2. The smallest absolute Gasteiger partial charge is 0.254 e. The van der Waals surface area contributed by atoms with Gasteiger partial charge in [0, 0.05) is 0 Å². The molecule has 1 aromatic heterocycles. The van der Waals surface area contributed by atoms with E-state index in [0.717, 1.165) is 0 Å². The quantitative estimate of drug-likeness (QED) is 0.904. The molecule has 1 amide bonds. The summed E-state index contributed by atoms with van der Waals surface area (Å²) < 4.78 is 15.9. The summed E-state index contributed by atoms with van der Waals surface area (Å²) in [5, 5.41) is 13.4. The molecule has 3 rings (SSSR count). The number of carbonyl (C=O) groups is 1. The van der Waals surface area contributed by atoms with Gasteiger partial charge in [-0.2, -0.15) is 0 Å². The van der Waals surface area contributed by atoms with Gasteiger partial charge in [-0.05, 0) is 44.5 Å². The first-order chi connectivity index (χ1) is 10.9. The molecule has 1 atom stereocenters. The number of aryl methyl sites for hydroxylation is 2. The van der Waals surface area contributed by atoms with Crippen LogP contribution in [0.1, 0.15) is 34.4 Å². The fraction of sp³-hybridized carbons (Fsp3) is 0.353. The minimum absolute atomic E-state index is 0.0646. The molecule has 0 saturated carbocycles. The van der Waals surface area contributed by atoms with Crippen molar-refractivity contribution < 1.29 is 23.8 Å². The van der Waals surface area contributed by atoms with Crippen LogP contribution in [0.4, 0.5) is 0 Å². The number of rotatable bonds is 4. The SMILES string of the molecule is Cc1cc(C(=O)NC[C@](C)(O)c2ccc3c(c2)OCO3)c(C)o1. The molecule has 1 aliphatic heterocycles. The lowest BCUT2D eigenvalue weighted by Gasteiger charge is -2.24. The average Bonchev–Trinajstić information content (AvgIpc) is 3.10. The van der Waals surface area contributed by atoms with Crippen LogP contribution in [-0.4, -0.2) is 24.4 Å². The summed E-state index contributed by atoms with van der Waals surface area (Å²) in [6.07, 6.45) is 0. The van der Waals surface area contributed by atoms with E-state index in [1.165, 1.54) is 0 Å². The van der Waals surface area contributed by atoms with E-state index >= 15 is 0 Å². The second-order valence-electron chi connectivity index (χ2n) is 5.85. The van der Waals surface area contributed by atoms with Gasteiger partial charge in [-0.25, -0.2) is 0 Å². The minimum atomic E-state index is -1.23. The number of amides is 1. The number of hydrogen-bond acceptors (Lipinski definition) is 5. The predicted octanol–water partition coefficient (Wildman–Crippen LogP) is 2.26. The van der Waals surface area contributed by atoms with Crippen LogP contribution >= 0.6 is 0 Å². The average molecular weight is 317 g/mol. The molecular formula is C17H19NO5. The van der Waals surface area contributed by atoms with E-state index in [9.17, 15) is 9.90 Å². The zero-order valence-electron chi connectivity index (χ0n) is 13.3. The van der Waals surface area contributed by atoms with Gasteiger partial charge < -0.3 is 24.3 Å². The van der Waals surface area contributed by atoms with Gasteiger partial charge in [0.1, 0.15) is 17.1 Å². The number of ether oxygens (including phenoxy) is 2. The maximum atomic E-state index is 12.2. The van der Waals surface area contributed by atoms with Crippen molar-refractivity contribution in [1.82, 2.24) is 5.32 Å². The zero-order valence-corrected chi connectivity index (χ0v) is 13.3. The van der Waals surface area contributed by atoms with E-state index in [-0.39, 0.29) is 19.2 Å². The predicted molar refractivity (Wildman–Crippen MR) is 82.7 cm³/mol. The molecule has 2 N–H and O–H groups in total. The van der Waals surface area contributed by atoms with Gasteiger partial charge in [-0.3, -0.25) is 4.79 Å². The fourth-order valence-electron chi connectivity index (χ4n) is 2.54. The van der Waals surface area contributed by atoms with Crippen molar-refractivity contribution in [3.05, 3.63) is 46.9 Å². The van der Waals surface area contributed by atoms with Crippen molar-refractivity contribution in [1.29, 1.82) is 0 Å². The van der Waals surface area contributed by atoms with Crippen molar-refractivity contribution in [2.45, 2.75) is 26.4 Å². The van der Waals surface area contributed by atoms with Gasteiger partial charge >= 0.3 is 0 Å². The van der Waals surface area contributed by atoms with E-state index < -0.39 is 5.60 Å². The fourth-order valence-corrected chi connectivity index (χ4v) is 2.54. The molecule has 2 heterocycles. The van der Waals surface area contributed by atoms with Crippen LogP contribution in [0.15, 0.2) is 28.7 Å². The molecule has 0 radical (unpaired) electrons. The second-order valence-corrected chi connectivity index (χ2v) is 5.85. The van der Waals surface area contributed by atoms with Crippen molar-refractivity contribution in [3.8, 4) is 11.5 Å². The third-order valence-electron chi connectivity index (χ3n) is 3.87. The van der Waals surface area contributed by atoms with Crippen LogP contribution in [-0.2, 0) is 5.60 Å². The third-order valence-corrected chi connectivity index (χ3v) is 3.87. The van der Waals surface area contributed by atoms with Crippen LogP contribution < -0.4 is 14.8 Å². The Bertz CT molecular complexity index is 747. The summed E-state index contributed by atoms with van der Waals surface area (Å²) in [6.45, 7) is 5.40. The highest BCUT2D eigenvalue weighted by atomic mass is 16.7. The monoisotopic (exact) mass is 317 g/mol. The Morgan fingerprint density at radius 3 is 2.70 bits per heavy atom. The maximum Gasteiger partial charge on any atom is 0.254 e. The molecule has 0 bridgehead atoms. The minimum Gasteiger partial charge on any atom is -0.466 e. The highest BCUT2D eigenvalue weighted by Gasteiger charge is 2.27. The Kier molecular flexibility index (Phi) is 3.77. The van der Waals surface area contributed by atoms with Gasteiger partial charge in [-0.15, -0.1) is 0 Å². The molecule has 6 heteroatoms. The molecule has 1 aromatic carbocycles. The second kappa shape index (κ2) is 5.62. The Morgan fingerprint density at radius 1 is 1.26 bits per heavy atom. The first kappa shape index (κ1) is 15.4. The molecule has 122 valence electrons. The molecule has 0 fully saturated rings. The zero-order chi connectivity index (χ0) is 16.6. The standard InChI is InChI=1S/C17H19NO5/c1-10-6-13(11(2)23-10)16(19)18-8-17(3,20)12-4-5-14-15(7-12)22-9-21-14/h4-7,20H,8-9H2,1-3H3,(H,18,19)/t17-/m0/s1. The topological polar surface area (TPSA) is 80.9 Å². The Balaban J connectivity index is 1.71. The lowest BCUT2D eigenvalue weighted by molar-refractivity contribution is 0.0524. The summed E-state index contributed by atoms with van der Waals surface area (Å²) in [7, 11) is 0. The molecule has 23 heavy (non-hydrogen) atoms. The normalized spacial score (nSPS) is 15.3. The molecule has 6 nitrogen and oxygen atoms in total. The molecule has 0 aliphatic carbocycles. The number of fused-ring (bicyclic) bond motifs is 1. The van der Waals surface area contributed by atoms with Crippen LogP contribution in [0.2, 0.25) is 0 Å². The number of hydrogen-bond donors (Lipinski definition) is 2. The highest BCUT2D eigenvalue weighted by molar-refractivity contribution is 5.95. The summed E-state index contributed by atoms with van der Waals surface area (Å²) >= 11 is 0. The summed E-state index contributed by atoms with van der Waals surface area (Å²) in [5.41, 5.74) is -0.116. The Labute approximate surface area is 134 Å². The molecule has 0 saturated heterocycles. The summed E-state index contributed by atoms with van der Waals surface area (Å²) in [6, 6.07) is 6.91. The van der Waals surface area contributed by atoms with E-state index in [2.05, 4.69) is 5.32 Å². The van der Waals surface area contributed by atoms with Gasteiger partial charge in [-0.1, -0.05) is 6.07 Å². The number of benzene rings is 1.